The van der Waals surface area contributed by atoms with Gasteiger partial charge < -0.3 is 5.32 Å². The molecule has 0 saturated carbocycles. The molecule has 0 bridgehead atoms. The number of nitrogens with zero attached hydrogens (tertiary/aromatic N) is 2. The van der Waals surface area contributed by atoms with Crippen LogP contribution in [-0.2, 0) is 6.54 Å². The van der Waals surface area contributed by atoms with E-state index in [1.54, 1.807) is 0 Å². The molecule has 0 spiro atoms. The Balaban J connectivity index is 2.07. The van der Waals surface area contributed by atoms with Crippen LogP contribution in [0.15, 0.2) is 30.6 Å². The molecule has 0 aliphatic rings. The normalized spacial score (nSPS) is 10.9. The first-order valence-electron chi connectivity index (χ1n) is 6.41. The fourth-order valence-electron chi connectivity index (χ4n) is 2.03. The lowest BCUT2D eigenvalue weighted by Gasteiger charge is -2.10. The molecule has 0 fully saturated rings. The largest absolute Gasteiger partial charge is 0.378 e. The summed E-state index contributed by atoms with van der Waals surface area (Å²) >= 11 is 0. The summed E-state index contributed by atoms with van der Waals surface area (Å²) in [5, 5.41) is 7.76. The highest BCUT2D eigenvalue weighted by Crippen LogP contribution is 2.16. The minimum Gasteiger partial charge on any atom is -0.378 e. The second-order valence-corrected chi connectivity index (χ2v) is 5.03. The summed E-state index contributed by atoms with van der Waals surface area (Å²) in [6, 6.07) is 6.81. The van der Waals surface area contributed by atoms with Crippen LogP contribution >= 0.6 is 0 Å². The van der Waals surface area contributed by atoms with E-state index in [9.17, 15) is 0 Å². The van der Waals surface area contributed by atoms with Crippen LogP contribution in [0, 0.1) is 13.8 Å². The van der Waals surface area contributed by atoms with E-state index in [0.29, 0.717) is 6.04 Å². The van der Waals surface area contributed by atoms with Crippen molar-refractivity contribution < 1.29 is 0 Å². The summed E-state index contributed by atoms with van der Waals surface area (Å²) in [6.07, 6.45) is 3.94. The zero-order valence-corrected chi connectivity index (χ0v) is 11.6. The Morgan fingerprint density at radius 3 is 2.44 bits per heavy atom. The monoisotopic (exact) mass is 243 g/mol. The maximum absolute atomic E-state index is 4.33. The van der Waals surface area contributed by atoms with Gasteiger partial charge in [-0.15, -0.1) is 0 Å². The minimum absolute atomic E-state index is 0.403. The first kappa shape index (κ1) is 12.7. The van der Waals surface area contributed by atoms with Gasteiger partial charge in [0.25, 0.3) is 0 Å². The van der Waals surface area contributed by atoms with E-state index in [0.717, 1.165) is 12.2 Å². The summed E-state index contributed by atoms with van der Waals surface area (Å²) in [4.78, 5) is 0. The first-order chi connectivity index (χ1) is 8.58. The van der Waals surface area contributed by atoms with Gasteiger partial charge in [-0.05, 0) is 44.4 Å². The number of hydrogen-bond acceptors (Lipinski definition) is 2. The molecule has 1 heterocycles. The third-order valence-corrected chi connectivity index (χ3v) is 3.24. The standard InChI is InChI=1S/C15H21N3/c1-11(2)18-10-14(8-17-18)16-9-15-12(3)6-5-7-13(15)4/h5-8,10-11,16H,9H2,1-4H3. The van der Waals surface area contributed by atoms with Crippen molar-refractivity contribution in [3.05, 3.63) is 47.3 Å². The van der Waals surface area contributed by atoms with Gasteiger partial charge in [0, 0.05) is 18.8 Å². The third-order valence-electron chi connectivity index (χ3n) is 3.24. The van der Waals surface area contributed by atoms with E-state index in [1.807, 2.05) is 10.9 Å². The topological polar surface area (TPSA) is 29.9 Å². The Morgan fingerprint density at radius 2 is 1.89 bits per heavy atom. The Kier molecular flexibility index (Phi) is 3.70. The number of nitrogens with one attached hydrogen (secondary N) is 1. The lowest BCUT2D eigenvalue weighted by Crippen LogP contribution is -2.03. The molecule has 2 aromatic rings. The SMILES string of the molecule is Cc1cccc(C)c1CNc1cnn(C(C)C)c1. The van der Waals surface area contributed by atoms with E-state index in [-0.39, 0.29) is 0 Å². The summed E-state index contributed by atoms with van der Waals surface area (Å²) in [7, 11) is 0. The smallest absolute Gasteiger partial charge is 0.0729 e. The van der Waals surface area contributed by atoms with Crippen LogP contribution < -0.4 is 5.32 Å². The summed E-state index contributed by atoms with van der Waals surface area (Å²) in [5.74, 6) is 0. The van der Waals surface area contributed by atoms with Gasteiger partial charge in [0.15, 0.2) is 0 Å². The van der Waals surface area contributed by atoms with Crippen LogP contribution in [0.4, 0.5) is 5.69 Å². The van der Waals surface area contributed by atoms with Crippen LogP contribution in [0.25, 0.3) is 0 Å². The first-order valence-corrected chi connectivity index (χ1v) is 6.41. The lowest BCUT2D eigenvalue weighted by molar-refractivity contribution is 0.532. The number of aromatic nitrogens is 2. The maximum Gasteiger partial charge on any atom is 0.0729 e. The van der Waals surface area contributed by atoms with Crippen molar-refractivity contribution in [3.8, 4) is 0 Å². The Morgan fingerprint density at radius 1 is 1.22 bits per heavy atom. The van der Waals surface area contributed by atoms with Gasteiger partial charge in [0.05, 0.1) is 11.9 Å². The molecule has 0 aliphatic carbocycles. The molecule has 0 radical (unpaired) electrons. The van der Waals surface area contributed by atoms with Gasteiger partial charge in [-0.1, -0.05) is 18.2 Å². The van der Waals surface area contributed by atoms with E-state index >= 15 is 0 Å². The highest BCUT2D eigenvalue weighted by Gasteiger charge is 2.04. The van der Waals surface area contributed by atoms with Gasteiger partial charge in [-0.2, -0.15) is 5.10 Å². The van der Waals surface area contributed by atoms with Crippen molar-refractivity contribution in [2.24, 2.45) is 0 Å². The molecule has 18 heavy (non-hydrogen) atoms. The van der Waals surface area contributed by atoms with Crippen LogP contribution in [0.5, 0.6) is 0 Å². The molecule has 1 aromatic heterocycles. The van der Waals surface area contributed by atoms with E-state index in [4.69, 9.17) is 0 Å². The molecule has 96 valence electrons. The molecule has 0 atom stereocenters. The molecular weight excluding hydrogens is 222 g/mol. The van der Waals surface area contributed by atoms with Crippen LogP contribution in [0.1, 0.15) is 36.6 Å². The average Bonchev–Trinajstić information content (AvgIpc) is 2.77. The van der Waals surface area contributed by atoms with Crippen molar-refractivity contribution in [2.45, 2.75) is 40.3 Å². The molecule has 0 aliphatic heterocycles. The van der Waals surface area contributed by atoms with Crippen LogP contribution in [-0.4, -0.2) is 9.78 Å². The molecule has 0 amide bonds. The summed E-state index contributed by atoms with van der Waals surface area (Å²) in [5.41, 5.74) is 5.11. The maximum atomic E-state index is 4.33. The van der Waals surface area contributed by atoms with Crippen molar-refractivity contribution in [1.82, 2.24) is 9.78 Å². The molecule has 1 aromatic carbocycles. The van der Waals surface area contributed by atoms with E-state index in [1.165, 1.54) is 16.7 Å². The number of anilines is 1. The van der Waals surface area contributed by atoms with E-state index in [2.05, 4.69) is 62.5 Å². The van der Waals surface area contributed by atoms with Gasteiger partial charge in [-0.25, -0.2) is 0 Å². The number of benzene rings is 1. The van der Waals surface area contributed by atoms with Crippen molar-refractivity contribution in [2.75, 3.05) is 5.32 Å². The van der Waals surface area contributed by atoms with Gasteiger partial charge in [0.1, 0.15) is 0 Å². The molecule has 0 saturated heterocycles. The minimum atomic E-state index is 0.403. The highest BCUT2D eigenvalue weighted by atomic mass is 15.3. The second-order valence-electron chi connectivity index (χ2n) is 5.03. The zero-order chi connectivity index (χ0) is 13.1. The summed E-state index contributed by atoms with van der Waals surface area (Å²) < 4.78 is 1.97. The Bertz CT molecular complexity index is 506. The fraction of sp³-hybridized carbons (Fsp3) is 0.400. The summed E-state index contributed by atoms with van der Waals surface area (Å²) in [6.45, 7) is 9.41. The van der Waals surface area contributed by atoms with Crippen LogP contribution in [0.2, 0.25) is 0 Å². The van der Waals surface area contributed by atoms with Gasteiger partial charge in [0.2, 0.25) is 0 Å². The predicted octanol–water partition coefficient (Wildman–Crippen LogP) is 3.69. The quantitative estimate of drug-likeness (QED) is 0.887. The van der Waals surface area contributed by atoms with Crippen molar-refractivity contribution in [1.29, 1.82) is 0 Å². The molecular formula is C15H21N3. The van der Waals surface area contributed by atoms with E-state index < -0.39 is 0 Å². The average molecular weight is 243 g/mol. The molecule has 2 rings (SSSR count). The lowest BCUT2D eigenvalue weighted by atomic mass is 10.0. The number of aryl methyl sites for hydroxylation is 2. The molecule has 3 nitrogen and oxygen atoms in total. The fourth-order valence-corrected chi connectivity index (χ4v) is 2.03. The highest BCUT2D eigenvalue weighted by molar-refractivity contribution is 5.42. The van der Waals surface area contributed by atoms with Crippen molar-refractivity contribution in [3.63, 3.8) is 0 Å². The van der Waals surface area contributed by atoms with Crippen molar-refractivity contribution >= 4 is 5.69 Å². The zero-order valence-electron chi connectivity index (χ0n) is 11.6. The molecule has 0 unspecified atom stereocenters. The number of rotatable bonds is 4. The van der Waals surface area contributed by atoms with Gasteiger partial charge >= 0.3 is 0 Å². The Labute approximate surface area is 109 Å². The molecule has 3 heteroatoms. The second kappa shape index (κ2) is 5.25. The third kappa shape index (κ3) is 2.73. The van der Waals surface area contributed by atoms with Gasteiger partial charge in [-0.3, -0.25) is 4.68 Å². The Hall–Kier alpha value is -1.77. The predicted molar refractivity (Wildman–Crippen MR) is 75.9 cm³/mol. The molecule has 1 N–H and O–H groups in total. The van der Waals surface area contributed by atoms with Crippen LogP contribution in [0.3, 0.4) is 0 Å². The number of hydrogen-bond donors (Lipinski definition) is 1.